The summed E-state index contributed by atoms with van der Waals surface area (Å²) >= 11 is 12.1. The molecule has 2 atom stereocenters. The van der Waals surface area contributed by atoms with Gasteiger partial charge in [-0.05, 0) is 37.6 Å². The summed E-state index contributed by atoms with van der Waals surface area (Å²) in [7, 11) is 1.33. The molecule has 1 aromatic carbocycles. The third-order valence-electron chi connectivity index (χ3n) is 6.12. The molecule has 2 aliphatic rings. The molecule has 0 radical (unpaired) electrons. The molecule has 1 fully saturated rings. The van der Waals surface area contributed by atoms with E-state index < -0.39 is 17.8 Å². The van der Waals surface area contributed by atoms with E-state index in [0.717, 1.165) is 44.8 Å². The number of benzene rings is 1. The van der Waals surface area contributed by atoms with Gasteiger partial charge in [0.15, 0.2) is 0 Å². The van der Waals surface area contributed by atoms with Crippen LogP contribution in [0, 0.1) is 5.92 Å². The van der Waals surface area contributed by atoms with Gasteiger partial charge in [0.25, 0.3) is 0 Å². The number of esters is 1. The van der Waals surface area contributed by atoms with Crippen molar-refractivity contribution in [1.29, 1.82) is 0 Å². The minimum Gasteiger partial charge on any atom is -0.468 e. The van der Waals surface area contributed by atoms with Crippen molar-refractivity contribution in [2.24, 2.45) is 10.9 Å². The standard InChI is InChI=1S/C25H33Cl2N3O5/c1-17-21(25(32)33-2)22(18-5-3-6-19(27)15-18)23(20(29-17)16-35-12-7-26)24(31)28-8-4-9-30-10-13-34-14-11-30/h3,5-6,15,21-22H,4,7-14,16H2,1-2H3,(H,28,31). The highest BCUT2D eigenvalue weighted by molar-refractivity contribution is 6.30. The zero-order chi connectivity index (χ0) is 25.2. The van der Waals surface area contributed by atoms with Crippen LogP contribution in [0.2, 0.25) is 5.02 Å². The number of carbonyl (C=O) groups is 2. The predicted octanol–water partition coefficient (Wildman–Crippen LogP) is 3.04. The van der Waals surface area contributed by atoms with Crippen LogP contribution in [-0.4, -0.2) is 88.1 Å². The quantitative estimate of drug-likeness (QED) is 0.271. The number of aliphatic imine (C=N–C) groups is 1. The topological polar surface area (TPSA) is 89.5 Å². The molecule has 1 amide bonds. The number of hydrogen-bond donors (Lipinski definition) is 1. The van der Waals surface area contributed by atoms with Gasteiger partial charge in [0.05, 0.1) is 39.2 Å². The van der Waals surface area contributed by atoms with E-state index >= 15 is 0 Å². The third-order valence-corrected chi connectivity index (χ3v) is 6.51. The molecule has 0 aromatic heterocycles. The number of hydrogen-bond acceptors (Lipinski definition) is 7. The van der Waals surface area contributed by atoms with Crippen molar-refractivity contribution >= 4 is 40.8 Å². The van der Waals surface area contributed by atoms with Crippen molar-refractivity contribution in [3.63, 3.8) is 0 Å². The van der Waals surface area contributed by atoms with Crippen molar-refractivity contribution in [3.8, 4) is 0 Å². The second-order valence-electron chi connectivity index (χ2n) is 8.45. The number of morpholine rings is 1. The van der Waals surface area contributed by atoms with Gasteiger partial charge in [0, 0.05) is 47.7 Å². The maximum Gasteiger partial charge on any atom is 0.315 e. The van der Waals surface area contributed by atoms with Gasteiger partial charge < -0.3 is 19.5 Å². The molecule has 1 N–H and O–H groups in total. The van der Waals surface area contributed by atoms with Gasteiger partial charge >= 0.3 is 5.97 Å². The van der Waals surface area contributed by atoms with Crippen molar-refractivity contribution < 1.29 is 23.8 Å². The second-order valence-corrected chi connectivity index (χ2v) is 9.27. The lowest BCUT2D eigenvalue weighted by molar-refractivity contribution is -0.143. The second kappa shape index (κ2) is 13.9. The zero-order valence-corrected chi connectivity index (χ0v) is 21.7. The van der Waals surface area contributed by atoms with Crippen LogP contribution in [0.4, 0.5) is 0 Å². The first kappa shape index (κ1) is 27.6. The van der Waals surface area contributed by atoms with Gasteiger partial charge in [-0.15, -0.1) is 11.6 Å². The molecule has 3 rings (SSSR count). The number of nitrogens with one attached hydrogen (secondary N) is 1. The van der Waals surface area contributed by atoms with Crippen LogP contribution >= 0.6 is 23.2 Å². The fourth-order valence-corrected chi connectivity index (χ4v) is 4.76. The normalized spacial score (nSPS) is 21.0. The molecule has 2 aliphatic heterocycles. The van der Waals surface area contributed by atoms with Crippen LogP contribution in [0.15, 0.2) is 40.5 Å². The molecule has 0 bridgehead atoms. The smallest absolute Gasteiger partial charge is 0.315 e. The van der Waals surface area contributed by atoms with Crippen molar-refractivity contribution in [3.05, 3.63) is 46.1 Å². The van der Waals surface area contributed by atoms with Crippen LogP contribution < -0.4 is 5.32 Å². The van der Waals surface area contributed by atoms with Gasteiger partial charge in [-0.1, -0.05) is 23.7 Å². The SMILES string of the molecule is COC(=O)C1C(C)=NC(COCCCl)=C(C(=O)NCCCN2CCOCC2)C1c1cccc(Cl)c1. The molecule has 35 heavy (non-hydrogen) atoms. The number of alkyl halides is 1. The summed E-state index contributed by atoms with van der Waals surface area (Å²) in [4.78, 5) is 33.4. The molecule has 192 valence electrons. The fraction of sp³-hybridized carbons (Fsp3) is 0.560. The number of carbonyl (C=O) groups excluding carboxylic acids is 2. The Labute approximate surface area is 216 Å². The van der Waals surface area contributed by atoms with Crippen LogP contribution in [0.5, 0.6) is 0 Å². The van der Waals surface area contributed by atoms with Gasteiger partial charge in [0.2, 0.25) is 5.91 Å². The predicted molar refractivity (Wildman–Crippen MR) is 136 cm³/mol. The first-order valence-corrected chi connectivity index (χ1v) is 12.7. The lowest BCUT2D eigenvalue weighted by Crippen LogP contribution is -2.41. The summed E-state index contributed by atoms with van der Waals surface area (Å²) in [6, 6.07) is 7.17. The Hall–Kier alpha value is -1.97. The highest BCUT2D eigenvalue weighted by Crippen LogP contribution is 2.40. The maximum absolute atomic E-state index is 13.6. The minimum absolute atomic E-state index is 0.103. The lowest BCUT2D eigenvalue weighted by Gasteiger charge is -2.32. The Kier molecular flexibility index (Phi) is 11.0. The number of ether oxygens (including phenoxy) is 3. The maximum atomic E-state index is 13.6. The summed E-state index contributed by atoms with van der Waals surface area (Å²) in [5, 5.41) is 3.54. The minimum atomic E-state index is -0.760. The number of rotatable bonds is 11. The molecule has 1 aromatic rings. The van der Waals surface area contributed by atoms with Gasteiger partial charge in [0.1, 0.15) is 5.92 Å². The summed E-state index contributed by atoms with van der Waals surface area (Å²) < 4.78 is 16.1. The Balaban J connectivity index is 1.89. The van der Waals surface area contributed by atoms with Crippen LogP contribution in [-0.2, 0) is 23.8 Å². The molecule has 1 saturated heterocycles. The van der Waals surface area contributed by atoms with Crippen LogP contribution in [0.1, 0.15) is 24.8 Å². The van der Waals surface area contributed by atoms with Crippen molar-refractivity contribution in [2.45, 2.75) is 19.3 Å². The summed E-state index contributed by atoms with van der Waals surface area (Å²) in [5.41, 5.74) is 2.14. The van der Waals surface area contributed by atoms with Gasteiger partial charge in [-0.25, -0.2) is 0 Å². The summed E-state index contributed by atoms with van der Waals surface area (Å²) in [5.74, 6) is -1.81. The molecule has 10 heteroatoms. The van der Waals surface area contributed by atoms with Gasteiger partial charge in [-0.2, -0.15) is 0 Å². The molecule has 8 nitrogen and oxygen atoms in total. The monoisotopic (exact) mass is 525 g/mol. The van der Waals surface area contributed by atoms with E-state index in [4.69, 9.17) is 37.4 Å². The molecule has 0 spiro atoms. The highest BCUT2D eigenvalue weighted by atomic mass is 35.5. The number of nitrogens with zero attached hydrogens (tertiary/aromatic N) is 2. The first-order valence-electron chi connectivity index (χ1n) is 11.8. The molecule has 2 unspecified atom stereocenters. The summed E-state index contributed by atoms with van der Waals surface area (Å²) in [6.07, 6.45) is 0.793. The fourth-order valence-electron chi connectivity index (χ4n) is 4.45. The van der Waals surface area contributed by atoms with Crippen LogP contribution in [0.3, 0.4) is 0 Å². The molecular weight excluding hydrogens is 493 g/mol. The Bertz CT molecular complexity index is 947. The average Bonchev–Trinajstić information content (AvgIpc) is 2.86. The Morgan fingerprint density at radius 3 is 2.74 bits per heavy atom. The molecule has 0 saturated carbocycles. The van der Waals surface area contributed by atoms with Gasteiger partial charge in [-0.3, -0.25) is 19.5 Å². The highest BCUT2D eigenvalue weighted by Gasteiger charge is 2.42. The van der Waals surface area contributed by atoms with Crippen molar-refractivity contribution in [1.82, 2.24) is 10.2 Å². The van der Waals surface area contributed by atoms with E-state index in [1.54, 1.807) is 25.1 Å². The molecular formula is C25H33Cl2N3O5. The molecule has 0 aliphatic carbocycles. The zero-order valence-electron chi connectivity index (χ0n) is 20.2. The number of methoxy groups -OCH3 is 1. The molecule has 2 heterocycles. The van der Waals surface area contributed by atoms with E-state index in [-0.39, 0.29) is 12.5 Å². The Morgan fingerprint density at radius 2 is 2.06 bits per heavy atom. The average molecular weight is 526 g/mol. The summed E-state index contributed by atoms with van der Waals surface area (Å²) in [6.45, 7) is 6.80. The van der Waals surface area contributed by atoms with Crippen molar-refractivity contribution in [2.75, 3.05) is 65.6 Å². The van der Waals surface area contributed by atoms with E-state index in [9.17, 15) is 9.59 Å². The largest absolute Gasteiger partial charge is 0.468 e. The Morgan fingerprint density at radius 1 is 1.29 bits per heavy atom. The first-order chi connectivity index (χ1) is 17.0. The number of amides is 1. The lowest BCUT2D eigenvalue weighted by atomic mass is 9.75. The van der Waals surface area contributed by atoms with E-state index in [1.807, 2.05) is 6.07 Å². The van der Waals surface area contributed by atoms with E-state index in [2.05, 4.69) is 15.2 Å². The van der Waals surface area contributed by atoms with Crippen LogP contribution in [0.25, 0.3) is 0 Å². The third kappa shape index (κ3) is 7.51. The van der Waals surface area contributed by atoms with E-state index in [1.165, 1.54) is 7.11 Å². The number of halogens is 2. The van der Waals surface area contributed by atoms with E-state index in [0.29, 0.717) is 41.0 Å².